The zero-order valence-corrected chi connectivity index (χ0v) is 12.9. The summed E-state index contributed by atoms with van der Waals surface area (Å²) in [5.41, 5.74) is 0. The van der Waals surface area contributed by atoms with Crippen molar-refractivity contribution in [1.82, 2.24) is 0 Å². The first-order chi connectivity index (χ1) is 1.00. The second-order valence-corrected chi connectivity index (χ2v) is 0. The molecule has 1 radical (unpaired) electrons. The van der Waals surface area contributed by atoms with Gasteiger partial charge in [0.2, 0.25) is 0 Å². The van der Waals surface area contributed by atoms with E-state index in [1.807, 2.05) is 0 Å². The average molecular weight is 415 g/mol. The summed E-state index contributed by atoms with van der Waals surface area (Å²) in [6.07, 6.45) is 0. The number of hydrogen-bond donors (Lipinski definition) is 0. The van der Waals surface area contributed by atoms with E-state index >= 15 is 0 Å². The molecular weight excluding hydrogens is 412 g/mol. The second-order valence-electron chi connectivity index (χ2n) is 0. The summed E-state index contributed by atoms with van der Waals surface area (Å²) in [6.45, 7) is 0. The van der Waals surface area contributed by atoms with Gasteiger partial charge in [0.05, 0.1) is 0 Å². The molecule has 0 aromatic rings. The fourth-order valence-electron chi connectivity index (χ4n) is 0. The van der Waals surface area contributed by atoms with Gasteiger partial charge in [-0.25, -0.2) is 0 Å². The maximum atomic E-state index is 8.25. The van der Waals surface area contributed by atoms with Crippen LogP contribution in [0.2, 0.25) is 0 Å². The molecule has 0 rings (SSSR count). The topological polar surface area (TPSA) is 17.1 Å². The molecule has 0 heterocycles. The average Bonchev–Trinajstić information content (AvgIpc) is 1.00. The Morgan fingerprint density at radius 2 is 1.25 bits per heavy atom. The summed E-state index contributed by atoms with van der Waals surface area (Å²) in [5, 5.41) is 0. The van der Waals surface area contributed by atoms with Crippen molar-refractivity contribution in [2.45, 2.75) is 0 Å². The van der Waals surface area contributed by atoms with Gasteiger partial charge in [0, 0.05) is 35.6 Å². The molecule has 0 N–H and O–H groups in total. The minimum atomic E-state index is 0. The summed E-state index contributed by atoms with van der Waals surface area (Å²) in [5.74, 6) is 0. The fourth-order valence-corrected chi connectivity index (χ4v) is 0. The minimum absolute atomic E-state index is 0. The third kappa shape index (κ3) is 8.82. The van der Waals surface area contributed by atoms with Crippen LogP contribution in [-0.2, 0) is 23.7 Å². The fraction of sp³-hybridized carbons (Fsp3) is 0. The zero-order valence-electron chi connectivity index (χ0n) is 2.19. The van der Waals surface area contributed by atoms with Crippen LogP contribution in [0.5, 0.6) is 0 Å². The third-order valence-corrected chi connectivity index (χ3v) is 0. The number of rotatable bonds is 0. The van der Waals surface area contributed by atoms with Crippen LogP contribution in [0.3, 0.4) is 0 Å². The van der Waals surface area contributed by atoms with Crippen LogP contribution in [0.4, 0.5) is 0 Å². The molecule has 21 valence electrons. The van der Waals surface area contributed by atoms with Gasteiger partial charge in [-0.3, -0.25) is 0 Å². The maximum absolute atomic E-state index is 8.25. The van der Waals surface area contributed by atoms with Crippen molar-refractivity contribution in [2.75, 3.05) is 0 Å². The van der Waals surface area contributed by atoms with Crippen molar-refractivity contribution >= 4 is 26.2 Å². The molecular formula is H3BiLaOTi. The predicted molar refractivity (Wildman–Crippen MR) is 10.6 cm³/mol. The Morgan fingerprint density at radius 1 is 1.25 bits per heavy atom. The van der Waals surface area contributed by atoms with E-state index in [1.165, 1.54) is 0 Å². The number of hydrogen-bond acceptors (Lipinski definition) is 1. The molecule has 0 amide bonds. The van der Waals surface area contributed by atoms with Gasteiger partial charge in [-0.05, 0) is 0 Å². The molecule has 4 heavy (non-hydrogen) atoms. The molecule has 0 saturated carbocycles. The Bertz CT molecular complexity index is 8.00. The van der Waals surface area contributed by atoms with Gasteiger partial charge < -0.3 is 0 Å². The predicted octanol–water partition coefficient (Wildman–Crippen LogP) is -1.31. The van der Waals surface area contributed by atoms with Gasteiger partial charge in [-0.2, -0.15) is 0 Å². The van der Waals surface area contributed by atoms with Gasteiger partial charge in [0.1, 0.15) is 0 Å². The normalized spacial score (nSPS) is 0.750. The molecule has 0 unspecified atom stereocenters. The molecule has 4 heteroatoms. The van der Waals surface area contributed by atoms with Crippen molar-refractivity contribution in [1.29, 1.82) is 0 Å². The van der Waals surface area contributed by atoms with Gasteiger partial charge in [0.25, 0.3) is 0 Å². The van der Waals surface area contributed by atoms with E-state index in [4.69, 9.17) is 3.32 Å². The molecule has 0 saturated heterocycles. The molecule has 0 aromatic carbocycles. The Balaban J connectivity index is -0.00000000500. The molecule has 0 fully saturated rings. The van der Waals surface area contributed by atoms with E-state index < -0.39 is 0 Å². The SMILES string of the molecule is [BiH3].[La].[O]=[Ti]. The van der Waals surface area contributed by atoms with Crippen LogP contribution in [0.1, 0.15) is 0 Å². The van der Waals surface area contributed by atoms with Crippen molar-refractivity contribution in [3.8, 4) is 0 Å². The van der Waals surface area contributed by atoms with Gasteiger partial charge in [-0.1, -0.05) is 0 Å². The van der Waals surface area contributed by atoms with Crippen molar-refractivity contribution in [3.63, 3.8) is 0 Å². The monoisotopic (exact) mass is 415 g/mol. The molecule has 0 aliphatic heterocycles. The molecule has 0 bridgehead atoms. The zero-order chi connectivity index (χ0) is 2.00. The summed E-state index contributed by atoms with van der Waals surface area (Å²) in [7, 11) is 0. The van der Waals surface area contributed by atoms with Crippen molar-refractivity contribution < 1.29 is 59.3 Å². The van der Waals surface area contributed by atoms with E-state index in [2.05, 4.69) is 0 Å². The summed E-state index contributed by atoms with van der Waals surface area (Å²) < 4.78 is 8.25. The van der Waals surface area contributed by atoms with E-state index in [0.29, 0.717) is 0 Å². The molecule has 0 atom stereocenters. The molecule has 0 aromatic heterocycles. The Kier molecular flexibility index (Phi) is 70.1. The van der Waals surface area contributed by atoms with E-state index in [-0.39, 0.29) is 61.8 Å². The summed E-state index contributed by atoms with van der Waals surface area (Å²) in [6, 6.07) is 0. The van der Waals surface area contributed by atoms with Crippen LogP contribution in [0, 0.1) is 35.6 Å². The van der Waals surface area contributed by atoms with E-state index in [9.17, 15) is 0 Å². The third-order valence-electron chi connectivity index (χ3n) is 0. The molecule has 0 aliphatic carbocycles. The van der Waals surface area contributed by atoms with Crippen LogP contribution in [0.15, 0.2) is 0 Å². The molecule has 1 nitrogen and oxygen atoms in total. The Morgan fingerprint density at radius 3 is 1.25 bits per heavy atom. The van der Waals surface area contributed by atoms with Gasteiger partial charge in [0.15, 0.2) is 0 Å². The van der Waals surface area contributed by atoms with Crippen LogP contribution in [0.25, 0.3) is 0 Å². The Labute approximate surface area is 83.7 Å². The standard InChI is InChI=1S/Bi.La.O.Ti.3H. The van der Waals surface area contributed by atoms with E-state index in [0.717, 1.165) is 20.4 Å². The van der Waals surface area contributed by atoms with Crippen LogP contribution in [-0.4, -0.2) is 26.2 Å². The molecule has 0 spiro atoms. The van der Waals surface area contributed by atoms with Crippen molar-refractivity contribution in [3.05, 3.63) is 0 Å². The summed E-state index contributed by atoms with van der Waals surface area (Å²) >= 11 is 0.750. The van der Waals surface area contributed by atoms with Crippen LogP contribution < -0.4 is 0 Å². The van der Waals surface area contributed by atoms with E-state index in [1.54, 1.807) is 0 Å². The summed E-state index contributed by atoms with van der Waals surface area (Å²) in [4.78, 5) is 0. The van der Waals surface area contributed by atoms with Gasteiger partial charge in [-0.15, -0.1) is 0 Å². The van der Waals surface area contributed by atoms with Gasteiger partial charge >= 0.3 is 49.9 Å². The first-order valence-electron chi connectivity index (χ1n) is 0.204. The molecule has 0 aliphatic rings. The first kappa shape index (κ1) is 16.0. The first-order valence-corrected chi connectivity index (χ1v) is 0.842. The van der Waals surface area contributed by atoms with Crippen LogP contribution >= 0.6 is 0 Å². The second kappa shape index (κ2) is 17.6. The Hall–Kier alpha value is 2.59. The van der Waals surface area contributed by atoms with Crippen molar-refractivity contribution in [2.24, 2.45) is 0 Å². The quantitative estimate of drug-likeness (QED) is 0.450.